The van der Waals surface area contributed by atoms with E-state index in [1.165, 1.54) is 0 Å². The summed E-state index contributed by atoms with van der Waals surface area (Å²) in [6.07, 6.45) is 1.40. The maximum atomic E-state index is 12.3. The van der Waals surface area contributed by atoms with Gasteiger partial charge in [0.05, 0.1) is 6.54 Å². The number of primary amides is 1. The van der Waals surface area contributed by atoms with Crippen LogP contribution < -0.4 is 21.7 Å². The first kappa shape index (κ1) is 22.9. The quantitative estimate of drug-likeness (QED) is 0.417. The zero-order chi connectivity index (χ0) is 19.6. The van der Waals surface area contributed by atoms with Gasteiger partial charge in [0, 0.05) is 6.42 Å². The summed E-state index contributed by atoms with van der Waals surface area (Å²) in [4.78, 5) is 47.2. The van der Waals surface area contributed by atoms with Gasteiger partial charge in [-0.1, -0.05) is 41.0 Å². The van der Waals surface area contributed by atoms with Crippen LogP contribution in [0.1, 0.15) is 53.9 Å². The van der Waals surface area contributed by atoms with Gasteiger partial charge in [-0.25, -0.2) is 0 Å². The van der Waals surface area contributed by atoms with Crippen molar-refractivity contribution in [2.45, 2.75) is 66.0 Å². The van der Waals surface area contributed by atoms with Crippen molar-refractivity contribution in [1.82, 2.24) is 16.0 Å². The van der Waals surface area contributed by atoms with E-state index in [1.54, 1.807) is 6.92 Å². The number of amides is 4. The highest BCUT2D eigenvalue weighted by atomic mass is 16.2. The Labute approximate surface area is 149 Å². The third kappa shape index (κ3) is 9.07. The molecule has 0 heterocycles. The summed E-state index contributed by atoms with van der Waals surface area (Å²) in [5.74, 6) is -1.64. The zero-order valence-corrected chi connectivity index (χ0v) is 15.8. The largest absolute Gasteiger partial charge is 0.368 e. The summed E-state index contributed by atoms with van der Waals surface area (Å²) in [7, 11) is 0. The lowest BCUT2D eigenvalue weighted by Crippen LogP contribution is -2.53. The van der Waals surface area contributed by atoms with Gasteiger partial charge in [0.15, 0.2) is 0 Å². The van der Waals surface area contributed by atoms with Gasteiger partial charge < -0.3 is 21.7 Å². The summed E-state index contributed by atoms with van der Waals surface area (Å²) in [6.45, 7) is 9.02. The van der Waals surface area contributed by atoms with E-state index in [1.807, 2.05) is 27.7 Å². The fourth-order valence-electron chi connectivity index (χ4n) is 2.22. The van der Waals surface area contributed by atoms with Crippen molar-refractivity contribution in [3.8, 4) is 0 Å². The number of nitrogens with two attached hydrogens (primary N) is 1. The minimum atomic E-state index is -0.769. The molecule has 0 saturated heterocycles. The molecule has 144 valence electrons. The molecule has 4 amide bonds. The minimum absolute atomic E-state index is 0.0714. The Balaban J connectivity index is 4.68. The number of nitrogens with one attached hydrogen (secondary N) is 3. The van der Waals surface area contributed by atoms with Crippen LogP contribution in [-0.2, 0) is 19.2 Å². The second-order valence-electron chi connectivity index (χ2n) is 6.65. The van der Waals surface area contributed by atoms with Crippen molar-refractivity contribution >= 4 is 23.6 Å². The number of carbonyl (C=O) groups is 4. The molecule has 0 aliphatic heterocycles. The van der Waals surface area contributed by atoms with Gasteiger partial charge >= 0.3 is 0 Å². The van der Waals surface area contributed by atoms with Crippen LogP contribution in [0.25, 0.3) is 0 Å². The molecule has 0 bridgehead atoms. The Kier molecular flexibility index (Phi) is 10.5. The molecular formula is C17H32N4O4. The summed E-state index contributed by atoms with van der Waals surface area (Å²) in [6, 6.07) is -1.47. The molecule has 0 aromatic rings. The van der Waals surface area contributed by atoms with Crippen molar-refractivity contribution in [3.05, 3.63) is 0 Å². The van der Waals surface area contributed by atoms with E-state index in [9.17, 15) is 19.2 Å². The average molecular weight is 356 g/mol. The van der Waals surface area contributed by atoms with Crippen LogP contribution in [0.2, 0.25) is 0 Å². The van der Waals surface area contributed by atoms with Crippen LogP contribution >= 0.6 is 0 Å². The van der Waals surface area contributed by atoms with Crippen LogP contribution in [0.4, 0.5) is 0 Å². The Morgan fingerprint density at radius 2 is 1.56 bits per heavy atom. The maximum Gasteiger partial charge on any atom is 0.243 e. The van der Waals surface area contributed by atoms with Crippen LogP contribution in [0.5, 0.6) is 0 Å². The van der Waals surface area contributed by atoms with Crippen molar-refractivity contribution in [2.24, 2.45) is 17.6 Å². The van der Waals surface area contributed by atoms with E-state index < -0.39 is 29.8 Å². The SMILES string of the molecule is CCC(=O)N[C@H](C(=O)NCC(=O)N[C@@H](CC(C)C)C(N)=O)[C@@H](C)CC. The van der Waals surface area contributed by atoms with Gasteiger partial charge in [0.1, 0.15) is 12.1 Å². The number of carbonyl (C=O) groups excluding carboxylic acids is 4. The smallest absolute Gasteiger partial charge is 0.243 e. The molecule has 0 radical (unpaired) electrons. The molecule has 3 atom stereocenters. The molecule has 0 spiro atoms. The third-order valence-electron chi connectivity index (χ3n) is 3.94. The lowest BCUT2D eigenvalue weighted by molar-refractivity contribution is -0.132. The van der Waals surface area contributed by atoms with E-state index >= 15 is 0 Å². The molecule has 0 aromatic carbocycles. The molecule has 0 rings (SSSR count). The second kappa shape index (κ2) is 11.4. The van der Waals surface area contributed by atoms with Crippen molar-refractivity contribution < 1.29 is 19.2 Å². The van der Waals surface area contributed by atoms with Crippen molar-refractivity contribution in [2.75, 3.05) is 6.54 Å². The third-order valence-corrected chi connectivity index (χ3v) is 3.94. The summed E-state index contributed by atoms with van der Waals surface area (Å²) in [5, 5.41) is 7.70. The van der Waals surface area contributed by atoms with E-state index in [0.717, 1.165) is 0 Å². The predicted molar refractivity (Wildman–Crippen MR) is 95.3 cm³/mol. The monoisotopic (exact) mass is 356 g/mol. The lowest BCUT2D eigenvalue weighted by Gasteiger charge is -2.23. The van der Waals surface area contributed by atoms with Gasteiger partial charge in [-0.15, -0.1) is 0 Å². The van der Waals surface area contributed by atoms with Gasteiger partial charge in [0.25, 0.3) is 0 Å². The Morgan fingerprint density at radius 1 is 0.960 bits per heavy atom. The van der Waals surface area contributed by atoms with Crippen LogP contribution in [0.3, 0.4) is 0 Å². The highest BCUT2D eigenvalue weighted by Gasteiger charge is 2.26. The molecule has 0 saturated carbocycles. The van der Waals surface area contributed by atoms with E-state index in [-0.39, 0.29) is 30.7 Å². The Morgan fingerprint density at radius 3 is 2.00 bits per heavy atom. The van der Waals surface area contributed by atoms with Crippen LogP contribution in [-0.4, -0.2) is 42.3 Å². The molecular weight excluding hydrogens is 324 g/mol. The number of hydrogen-bond donors (Lipinski definition) is 4. The Hall–Kier alpha value is -2.12. The molecule has 0 aliphatic rings. The molecule has 0 fully saturated rings. The van der Waals surface area contributed by atoms with Gasteiger partial charge in [0.2, 0.25) is 23.6 Å². The van der Waals surface area contributed by atoms with Gasteiger partial charge in [-0.3, -0.25) is 19.2 Å². The predicted octanol–water partition coefficient (Wildman–Crippen LogP) is 0.0597. The van der Waals surface area contributed by atoms with Crippen LogP contribution in [0.15, 0.2) is 0 Å². The van der Waals surface area contributed by atoms with E-state index in [4.69, 9.17) is 5.73 Å². The summed E-state index contributed by atoms with van der Waals surface area (Å²) in [5.41, 5.74) is 5.28. The number of hydrogen-bond acceptors (Lipinski definition) is 4. The first-order valence-corrected chi connectivity index (χ1v) is 8.77. The van der Waals surface area contributed by atoms with E-state index in [2.05, 4.69) is 16.0 Å². The molecule has 25 heavy (non-hydrogen) atoms. The van der Waals surface area contributed by atoms with Crippen LogP contribution in [0, 0.1) is 11.8 Å². The minimum Gasteiger partial charge on any atom is -0.368 e. The van der Waals surface area contributed by atoms with E-state index in [0.29, 0.717) is 12.8 Å². The molecule has 5 N–H and O–H groups in total. The van der Waals surface area contributed by atoms with Crippen molar-refractivity contribution in [3.63, 3.8) is 0 Å². The molecule has 8 nitrogen and oxygen atoms in total. The Bertz CT molecular complexity index is 479. The normalized spacial score (nSPS) is 14.3. The zero-order valence-electron chi connectivity index (χ0n) is 15.8. The summed E-state index contributed by atoms with van der Waals surface area (Å²) < 4.78 is 0. The molecule has 0 unspecified atom stereocenters. The van der Waals surface area contributed by atoms with Gasteiger partial charge in [-0.05, 0) is 18.3 Å². The van der Waals surface area contributed by atoms with Gasteiger partial charge in [-0.2, -0.15) is 0 Å². The summed E-state index contributed by atoms with van der Waals surface area (Å²) >= 11 is 0. The highest BCUT2D eigenvalue weighted by Crippen LogP contribution is 2.08. The maximum absolute atomic E-state index is 12.3. The molecule has 0 aliphatic carbocycles. The second-order valence-corrected chi connectivity index (χ2v) is 6.65. The standard InChI is InChI=1S/C17H32N4O4/c1-6-11(5)15(21-13(22)7-2)17(25)19-9-14(23)20-12(16(18)24)8-10(3)4/h10-12,15H,6-9H2,1-5H3,(H2,18,24)(H,19,25)(H,20,23)(H,21,22)/t11-,12-,15-/m0/s1. The fourth-order valence-corrected chi connectivity index (χ4v) is 2.22. The topological polar surface area (TPSA) is 130 Å². The molecule has 0 aromatic heterocycles. The average Bonchev–Trinajstić information content (AvgIpc) is 2.55. The van der Waals surface area contributed by atoms with Crippen molar-refractivity contribution in [1.29, 1.82) is 0 Å². The lowest BCUT2D eigenvalue weighted by atomic mass is 9.98. The highest BCUT2D eigenvalue weighted by molar-refractivity contribution is 5.92. The first-order chi connectivity index (χ1) is 11.6. The first-order valence-electron chi connectivity index (χ1n) is 8.77. The fraction of sp³-hybridized carbons (Fsp3) is 0.765. The molecule has 8 heteroatoms. The number of rotatable bonds is 11.